The Kier molecular flexibility index (Phi) is 6.89. The Labute approximate surface area is 222 Å². The van der Waals surface area contributed by atoms with E-state index in [-0.39, 0.29) is 34.8 Å². The third kappa shape index (κ3) is 5.81. The number of rotatable bonds is 5. The van der Waals surface area contributed by atoms with Crippen molar-refractivity contribution in [3.8, 4) is 5.82 Å². The lowest BCUT2D eigenvalue weighted by Crippen LogP contribution is -2.24. The van der Waals surface area contributed by atoms with Gasteiger partial charge in [-0.25, -0.2) is 37.9 Å². The average Bonchev–Trinajstić information content (AvgIpc) is 3.47. The van der Waals surface area contributed by atoms with Gasteiger partial charge in [-0.2, -0.15) is 4.98 Å². The molecule has 2 N–H and O–H groups in total. The summed E-state index contributed by atoms with van der Waals surface area (Å²) in [5, 5.41) is 2.84. The smallest absolute Gasteiger partial charge is 0.419 e. The van der Waals surface area contributed by atoms with Crippen LogP contribution in [0.1, 0.15) is 63.2 Å². The van der Waals surface area contributed by atoms with Crippen molar-refractivity contribution in [3.05, 3.63) is 58.8 Å². The summed E-state index contributed by atoms with van der Waals surface area (Å²) < 4.78 is 27.4. The first kappa shape index (κ1) is 26.1. The number of aromatic nitrogens is 6. The second kappa shape index (κ2) is 10.3. The highest BCUT2D eigenvalue weighted by Crippen LogP contribution is 2.25. The van der Waals surface area contributed by atoms with Crippen LogP contribution in [0.4, 0.5) is 20.8 Å². The van der Waals surface area contributed by atoms with Crippen molar-refractivity contribution in [3.63, 3.8) is 0 Å². The number of ether oxygens (including phenoxy) is 2. The molecule has 3 aromatic heterocycles. The van der Waals surface area contributed by atoms with E-state index in [1.807, 2.05) is 0 Å². The molecule has 3 heterocycles. The van der Waals surface area contributed by atoms with Crippen LogP contribution in [-0.2, 0) is 9.47 Å². The maximum absolute atomic E-state index is 14.1. The summed E-state index contributed by atoms with van der Waals surface area (Å²) in [6.45, 7) is 5.17. The highest BCUT2D eigenvalue weighted by molar-refractivity contribution is 5.96. The minimum atomic E-state index is -0.758. The maximum atomic E-state index is 14.1. The minimum absolute atomic E-state index is 0.0122. The second-order valence-electron chi connectivity index (χ2n) is 10.3. The number of anilines is 2. The molecule has 0 bridgehead atoms. The Hall–Kier alpha value is -4.55. The number of fused-ring (bicyclic) bond motifs is 1. The number of halogens is 1. The summed E-state index contributed by atoms with van der Waals surface area (Å²) in [7, 11) is 0. The Balaban J connectivity index is 1.43. The molecule has 0 unspecified atom stereocenters. The van der Waals surface area contributed by atoms with E-state index in [1.54, 1.807) is 20.8 Å². The molecule has 1 aliphatic rings. The van der Waals surface area contributed by atoms with Crippen LogP contribution in [0.5, 0.6) is 0 Å². The monoisotopic (exact) mass is 537 g/mol. The normalized spacial score (nSPS) is 14.4. The summed E-state index contributed by atoms with van der Waals surface area (Å²) >= 11 is 0. The van der Waals surface area contributed by atoms with Crippen LogP contribution < -0.4 is 11.0 Å². The predicted molar refractivity (Wildman–Crippen MR) is 139 cm³/mol. The third-order valence-corrected chi connectivity index (χ3v) is 6.10. The van der Waals surface area contributed by atoms with Crippen molar-refractivity contribution in [1.29, 1.82) is 0 Å². The molecule has 0 saturated heterocycles. The zero-order chi connectivity index (χ0) is 27.7. The van der Waals surface area contributed by atoms with Gasteiger partial charge in [0.1, 0.15) is 29.4 Å². The molecule has 12 nitrogen and oxygen atoms in total. The molecule has 1 saturated carbocycles. The van der Waals surface area contributed by atoms with Gasteiger partial charge in [0.2, 0.25) is 5.95 Å². The number of benzene rings is 1. The van der Waals surface area contributed by atoms with Crippen molar-refractivity contribution >= 4 is 34.9 Å². The van der Waals surface area contributed by atoms with Crippen LogP contribution in [0.15, 0.2) is 41.7 Å². The first-order chi connectivity index (χ1) is 18.6. The molecule has 4 aromatic rings. The van der Waals surface area contributed by atoms with Crippen LogP contribution >= 0.6 is 0 Å². The summed E-state index contributed by atoms with van der Waals surface area (Å²) in [5.41, 5.74) is -0.692. The zero-order valence-corrected chi connectivity index (χ0v) is 21.7. The Morgan fingerprint density at radius 1 is 1.15 bits per heavy atom. The van der Waals surface area contributed by atoms with Gasteiger partial charge in [0.05, 0.1) is 23.6 Å². The topological polar surface area (TPSA) is 146 Å². The van der Waals surface area contributed by atoms with Crippen LogP contribution in [0, 0.1) is 5.82 Å². The molecule has 1 fully saturated rings. The number of aromatic amines is 1. The van der Waals surface area contributed by atoms with E-state index in [4.69, 9.17) is 9.47 Å². The summed E-state index contributed by atoms with van der Waals surface area (Å²) in [6, 6.07) is 3.57. The second-order valence-corrected chi connectivity index (χ2v) is 10.3. The first-order valence-corrected chi connectivity index (χ1v) is 12.6. The van der Waals surface area contributed by atoms with Crippen LogP contribution in [0.2, 0.25) is 0 Å². The maximum Gasteiger partial charge on any atom is 0.419 e. The van der Waals surface area contributed by atoms with E-state index in [2.05, 4.69) is 25.3 Å². The molecule has 0 radical (unpaired) electrons. The number of carbonyl (C=O) groups excluding carboxylic acids is 2. The molecule has 13 heteroatoms. The van der Waals surface area contributed by atoms with Crippen LogP contribution in [-0.4, -0.2) is 52.8 Å². The molecule has 5 rings (SSSR count). The van der Waals surface area contributed by atoms with Gasteiger partial charge in [-0.05, 0) is 64.7 Å². The number of nitrogens with zero attached hydrogens (tertiary/aromatic N) is 5. The number of nitrogens with one attached hydrogen (secondary N) is 2. The van der Waals surface area contributed by atoms with Gasteiger partial charge >= 0.3 is 17.8 Å². The lowest BCUT2D eigenvalue weighted by molar-refractivity contribution is 0.00705. The standard InChI is InChI=1S/C26H28FN7O5/c1-26(2,3)39-22(35)17-10-9-15(27)11-18(17)30-23-28-12-19-21(32-23)34(24(36)31-19)20-13-33(14-29-20)25(37)38-16-7-5-4-6-8-16/h9-14,16H,4-8H2,1-3H3,(H,31,36)(H,28,30,32). The molecular weight excluding hydrogens is 509 g/mol. The Morgan fingerprint density at radius 3 is 2.67 bits per heavy atom. The molecule has 0 aliphatic heterocycles. The van der Waals surface area contributed by atoms with Crippen molar-refractivity contribution in [2.75, 3.05) is 5.32 Å². The molecule has 1 aromatic carbocycles. The fourth-order valence-corrected chi connectivity index (χ4v) is 4.34. The molecule has 0 atom stereocenters. The fraction of sp³-hybridized carbons (Fsp3) is 0.385. The largest absolute Gasteiger partial charge is 0.456 e. The van der Waals surface area contributed by atoms with Gasteiger partial charge < -0.3 is 19.8 Å². The van der Waals surface area contributed by atoms with Gasteiger partial charge in [-0.15, -0.1) is 0 Å². The lowest BCUT2D eigenvalue weighted by Gasteiger charge is -2.21. The van der Waals surface area contributed by atoms with Gasteiger partial charge in [-0.3, -0.25) is 0 Å². The lowest BCUT2D eigenvalue weighted by atomic mass is 9.98. The summed E-state index contributed by atoms with van der Waals surface area (Å²) in [4.78, 5) is 53.5. The highest BCUT2D eigenvalue weighted by atomic mass is 19.1. The minimum Gasteiger partial charge on any atom is -0.456 e. The predicted octanol–water partition coefficient (Wildman–Crippen LogP) is 4.46. The first-order valence-electron chi connectivity index (χ1n) is 12.6. The number of carbonyl (C=O) groups is 2. The zero-order valence-electron chi connectivity index (χ0n) is 21.7. The molecule has 204 valence electrons. The van der Waals surface area contributed by atoms with Gasteiger partial charge in [-0.1, -0.05) is 6.42 Å². The number of imidazole rings is 2. The third-order valence-electron chi connectivity index (χ3n) is 6.10. The van der Waals surface area contributed by atoms with Crippen LogP contribution in [0.25, 0.3) is 17.0 Å². The molecular formula is C26H28FN7O5. The number of esters is 1. The van der Waals surface area contributed by atoms with Crippen molar-refractivity contribution < 1.29 is 23.5 Å². The van der Waals surface area contributed by atoms with Crippen molar-refractivity contribution in [2.45, 2.75) is 64.6 Å². The number of H-pyrrole nitrogens is 1. The van der Waals surface area contributed by atoms with E-state index >= 15 is 0 Å². The average molecular weight is 538 g/mol. The molecule has 39 heavy (non-hydrogen) atoms. The summed E-state index contributed by atoms with van der Waals surface area (Å²) in [6.07, 6.45) is 8.11. The van der Waals surface area contributed by atoms with Crippen LogP contribution in [0.3, 0.4) is 0 Å². The van der Waals surface area contributed by atoms with Crippen molar-refractivity contribution in [2.24, 2.45) is 0 Å². The number of hydrogen-bond donors (Lipinski definition) is 2. The van der Waals surface area contributed by atoms with Gasteiger partial charge in [0, 0.05) is 0 Å². The van der Waals surface area contributed by atoms with E-state index in [1.165, 1.54) is 33.9 Å². The van der Waals surface area contributed by atoms with E-state index in [0.717, 1.165) is 44.2 Å². The Bertz CT molecular complexity index is 1590. The molecule has 1 aliphatic carbocycles. The van der Waals surface area contributed by atoms with E-state index in [9.17, 15) is 18.8 Å². The Morgan fingerprint density at radius 2 is 1.92 bits per heavy atom. The van der Waals surface area contributed by atoms with E-state index < -0.39 is 29.2 Å². The van der Waals surface area contributed by atoms with Crippen molar-refractivity contribution in [1.82, 2.24) is 29.1 Å². The molecule has 0 spiro atoms. The summed E-state index contributed by atoms with van der Waals surface area (Å²) in [5.74, 6) is -1.12. The highest BCUT2D eigenvalue weighted by Gasteiger charge is 2.23. The SMILES string of the molecule is CC(C)(C)OC(=O)c1ccc(F)cc1Nc1ncc2[nH]c(=O)n(-c3cn(C(=O)OC4CCCCC4)cn3)c2n1. The van der Waals surface area contributed by atoms with Gasteiger partial charge in [0.25, 0.3) is 0 Å². The van der Waals surface area contributed by atoms with E-state index in [0.29, 0.717) is 5.52 Å². The molecule has 0 amide bonds. The van der Waals surface area contributed by atoms with Gasteiger partial charge in [0.15, 0.2) is 11.5 Å². The fourth-order valence-electron chi connectivity index (χ4n) is 4.34. The quantitative estimate of drug-likeness (QED) is 0.352. The number of hydrogen-bond acceptors (Lipinski definition) is 9.